The molecule has 56 heavy (non-hydrogen) atoms. The largest absolute Gasteiger partial charge is 0.453 e. The zero-order valence-corrected chi connectivity index (χ0v) is 32.2. The zero-order chi connectivity index (χ0) is 39.9. The lowest BCUT2D eigenvalue weighted by Gasteiger charge is -2.30. The quantitative estimate of drug-likeness (QED) is 0.143. The monoisotopic (exact) mass is 764 g/mol. The Morgan fingerprint density at radius 3 is 1.52 bits per heavy atom. The number of rotatable bonds is 10. The number of benzene rings is 2. The Balaban J connectivity index is 1.08. The summed E-state index contributed by atoms with van der Waals surface area (Å²) in [4.78, 5) is 69.9. The van der Waals surface area contributed by atoms with Gasteiger partial charge >= 0.3 is 12.2 Å². The van der Waals surface area contributed by atoms with Crippen molar-refractivity contribution in [3.05, 3.63) is 83.7 Å². The molecular weight excluding hydrogens is 716 g/mol. The minimum atomic E-state index is -1.13. The van der Waals surface area contributed by atoms with Gasteiger partial charge in [-0.05, 0) is 73.9 Å². The standard InChI is InChI=1S/C41H48N8O7/c1-24(2)34(46-40(53)55-4)38(51)48-20-6-8-32(48)36-42-22-30(44-36)28-16-12-26(13-17-28)10-11-27-14-18-29(19-15-27)31-23-43-37(45-31)33-9-7-21-49(33)39(52)35(25(3)50)47-41(54)56-5/h12-19,22-25,32-35,50H,6-9,20-21H2,1-5H3,(H,42,44)(H,43,45)(H,46,53)(H,47,54). The Morgan fingerprint density at radius 1 is 0.714 bits per heavy atom. The molecule has 0 saturated carbocycles. The van der Waals surface area contributed by atoms with Gasteiger partial charge in [-0.3, -0.25) is 9.59 Å². The lowest BCUT2D eigenvalue weighted by molar-refractivity contribution is -0.137. The number of aromatic amines is 2. The van der Waals surface area contributed by atoms with E-state index < -0.39 is 36.3 Å². The molecule has 2 saturated heterocycles. The predicted molar refractivity (Wildman–Crippen MR) is 207 cm³/mol. The third-order valence-electron chi connectivity index (χ3n) is 10.2. The van der Waals surface area contributed by atoms with Crippen molar-refractivity contribution < 1.29 is 33.8 Å². The molecule has 6 rings (SSSR count). The lowest BCUT2D eigenvalue weighted by atomic mass is 10.0. The molecule has 0 radical (unpaired) electrons. The van der Waals surface area contributed by atoms with E-state index >= 15 is 0 Å². The van der Waals surface area contributed by atoms with Crippen LogP contribution >= 0.6 is 0 Å². The molecule has 2 aromatic carbocycles. The van der Waals surface area contributed by atoms with Gasteiger partial charge < -0.3 is 45.0 Å². The van der Waals surface area contributed by atoms with Crippen LogP contribution in [-0.2, 0) is 19.1 Å². The maximum Gasteiger partial charge on any atom is 0.407 e. The molecule has 4 amide bonds. The summed E-state index contributed by atoms with van der Waals surface area (Å²) in [6.45, 7) is 6.29. The van der Waals surface area contributed by atoms with E-state index in [0.717, 1.165) is 52.9 Å². The van der Waals surface area contributed by atoms with Crippen molar-refractivity contribution in [1.29, 1.82) is 0 Å². The highest BCUT2D eigenvalue weighted by Gasteiger charge is 2.39. The van der Waals surface area contributed by atoms with E-state index in [1.54, 1.807) is 22.2 Å². The van der Waals surface area contributed by atoms with Crippen molar-refractivity contribution in [2.75, 3.05) is 27.3 Å². The molecule has 4 heterocycles. The summed E-state index contributed by atoms with van der Waals surface area (Å²) < 4.78 is 9.37. The molecule has 15 heteroatoms. The molecule has 0 spiro atoms. The summed E-state index contributed by atoms with van der Waals surface area (Å²) >= 11 is 0. The van der Waals surface area contributed by atoms with E-state index in [4.69, 9.17) is 4.74 Å². The number of alkyl carbamates (subject to hydrolysis) is 2. The smallest absolute Gasteiger partial charge is 0.407 e. The van der Waals surface area contributed by atoms with Crippen LogP contribution in [0.4, 0.5) is 9.59 Å². The Kier molecular flexibility index (Phi) is 12.4. The third-order valence-corrected chi connectivity index (χ3v) is 10.2. The van der Waals surface area contributed by atoms with Crippen molar-refractivity contribution in [1.82, 2.24) is 40.4 Å². The fraction of sp³-hybridized carbons (Fsp3) is 0.415. The fourth-order valence-electron chi connectivity index (χ4n) is 7.18. The third kappa shape index (κ3) is 8.87. The summed E-state index contributed by atoms with van der Waals surface area (Å²) in [7, 11) is 2.48. The number of nitrogens with zero attached hydrogens (tertiary/aromatic N) is 4. The van der Waals surface area contributed by atoms with Crippen LogP contribution in [0.2, 0.25) is 0 Å². The maximum absolute atomic E-state index is 13.5. The van der Waals surface area contributed by atoms with Crippen molar-refractivity contribution in [2.45, 2.75) is 76.7 Å². The number of aliphatic hydroxyl groups is 1. The number of aromatic nitrogens is 4. The highest BCUT2D eigenvalue weighted by atomic mass is 16.5. The van der Waals surface area contributed by atoms with E-state index in [2.05, 4.69) is 47.1 Å². The second-order valence-corrected chi connectivity index (χ2v) is 14.4. The number of amides is 4. The molecule has 15 nitrogen and oxygen atoms in total. The van der Waals surface area contributed by atoms with Gasteiger partial charge in [-0.2, -0.15) is 0 Å². The summed E-state index contributed by atoms with van der Waals surface area (Å²) in [6, 6.07) is 13.3. The molecule has 0 bridgehead atoms. The predicted octanol–water partition coefficient (Wildman–Crippen LogP) is 4.68. The minimum Gasteiger partial charge on any atom is -0.453 e. The highest BCUT2D eigenvalue weighted by Crippen LogP contribution is 2.34. The van der Waals surface area contributed by atoms with Crippen molar-refractivity contribution in [3.8, 4) is 34.4 Å². The topological polar surface area (TPSA) is 195 Å². The Bertz CT molecular complexity index is 1930. The number of aliphatic hydroxyl groups excluding tert-OH is 1. The van der Waals surface area contributed by atoms with Crippen LogP contribution in [0.25, 0.3) is 22.5 Å². The number of imidazole rings is 2. The van der Waals surface area contributed by atoms with E-state index in [1.165, 1.54) is 21.1 Å². The van der Waals surface area contributed by atoms with Crippen LogP contribution in [-0.4, -0.2) is 104 Å². The van der Waals surface area contributed by atoms with Gasteiger partial charge in [-0.1, -0.05) is 50.0 Å². The van der Waals surface area contributed by atoms with Crippen LogP contribution in [0.3, 0.4) is 0 Å². The summed E-state index contributed by atoms with van der Waals surface area (Å²) in [5.74, 6) is 7.12. The molecule has 2 aliphatic rings. The van der Waals surface area contributed by atoms with Crippen molar-refractivity contribution in [3.63, 3.8) is 0 Å². The fourth-order valence-corrected chi connectivity index (χ4v) is 7.18. The summed E-state index contributed by atoms with van der Waals surface area (Å²) in [6.07, 6.45) is 4.05. The van der Waals surface area contributed by atoms with Gasteiger partial charge in [0.1, 0.15) is 23.7 Å². The van der Waals surface area contributed by atoms with Crippen LogP contribution in [0, 0.1) is 17.8 Å². The first-order chi connectivity index (χ1) is 27.0. The van der Waals surface area contributed by atoms with E-state index in [9.17, 15) is 24.3 Å². The summed E-state index contributed by atoms with van der Waals surface area (Å²) in [5.41, 5.74) is 5.14. The molecule has 294 valence electrons. The van der Waals surface area contributed by atoms with E-state index in [-0.39, 0.29) is 23.9 Å². The van der Waals surface area contributed by atoms with Gasteiger partial charge in [0.15, 0.2) is 0 Å². The van der Waals surface area contributed by atoms with Gasteiger partial charge in [0.05, 0.1) is 56.2 Å². The number of ether oxygens (including phenoxy) is 2. The maximum atomic E-state index is 13.5. The molecule has 0 aliphatic carbocycles. The number of hydrogen-bond donors (Lipinski definition) is 5. The average molecular weight is 765 g/mol. The molecule has 5 unspecified atom stereocenters. The molecule has 5 atom stereocenters. The lowest BCUT2D eigenvalue weighted by Crippen LogP contribution is -2.53. The summed E-state index contributed by atoms with van der Waals surface area (Å²) in [5, 5.41) is 15.3. The molecule has 2 aromatic heterocycles. The number of H-pyrrole nitrogens is 2. The average Bonchev–Trinajstić information content (AvgIpc) is 4.04. The minimum absolute atomic E-state index is 0.112. The number of carbonyl (C=O) groups is 4. The normalized spacial score (nSPS) is 18.1. The second-order valence-electron chi connectivity index (χ2n) is 14.4. The zero-order valence-electron chi connectivity index (χ0n) is 32.2. The van der Waals surface area contributed by atoms with Gasteiger partial charge in [-0.15, -0.1) is 0 Å². The van der Waals surface area contributed by atoms with Crippen LogP contribution in [0.5, 0.6) is 0 Å². The van der Waals surface area contributed by atoms with Gasteiger partial charge in [0.2, 0.25) is 11.8 Å². The Morgan fingerprint density at radius 2 is 1.12 bits per heavy atom. The van der Waals surface area contributed by atoms with E-state index in [0.29, 0.717) is 31.2 Å². The second kappa shape index (κ2) is 17.5. The number of hydrogen-bond acceptors (Lipinski definition) is 9. The van der Waals surface area contributed by atoms with E-state index in [1.807, 2.05) is 62.4 Å². The van der Waals surface area contributed by atoms with Crippen LogP contribution < -0.4 is 10.6 Å². The number of methoxy groups -OCH3 is 2. The first-order valence-corrected chi connectivity index (χ1v) is 18.8. The number of likely N-dealkylation sites (tertiary alicyclic amines) is 2. The van der Waals surface area contributed by atoms with Gasteiger partial charge in [0, 0.05) is 24.2 Å². The van der Waals surface area contributed by atoms with Gasteiger partial charge in [0.25, 0.3) is 0 Å². The Hall–Kier alpha value is -6.14. The van der Waals surface area contributed by atoms with Crippen molar-refractivity contribution in [2.24, 2.45) is 5.92 Å². The first kappa shape index (κ1) is 39.6. The van der Waals surface area contributed by atoms with Crippen LogP contribution in [0.15, 0.2) is 60.9 Å². The number of nitrogens with one attached hydrogen (secondary N) is 4. The molecule has 4 aromatic rings. The molecule has 2 fully saturated rings. The van der Waals surface area contributed by atoms with Gasteiger partial charge in [-0.25, -0.2) is 19.6 Å². The van der Waals surface area contributed by atoms with Crippen molar-refractivity contribution >= 4 is 24.0 Å². The highest BCUT2D eigenvalue weighted by molar-refractivity contribution is 5.87. The van der Waals surface area contributed by atoms with Crippen LogP contribution in [0.1, 0.15) is 81.3 Å². The number of carbonyl (C=O) groups excluding carboxylic acids is 4. The first-order valence-electron chi connectivity index (χ1n) is 18.8. The molecule has 5 N–H and O–H groups in total. The SMILES string of the molecule is COC(=O)NC(C(=O)N1CCCC1c1ncc(-c2ccc(C#Cc3ccc(-c4cnc(C5CCCN5C(=O)C(NC(=O)OC)C(C)O)[nH]4)cc3)cc2)[nH]1)C(C)C. The Labute approximate surface area is 325 Å². The molecular formula is C41H48N8O7. The molecule has 2 aliphatic heterocycles.